The van der Waals surface area contributed by atoms with Crippen LogP contribution < -0.4 is 5.73 Å². The zero-order chi connectivity index (χ0) is 12.3. The smallest absolute Gasteiger partial charge is 0.00966 e. The van der Waals surface area contributed by atoms with Crippen LogP contribution in [0.2, 0.25) is 0 Å². The van der Waals surface area contributed by atoms with Crippen molar-refractivity contribution in [3.63, 3.8) is 0 Å². The fraction of sp³-hybridized carbons (Fsp3) is 1.00. The summed E-state index contributed by atoms with van der Waals surface area (Å²) < 4.78 is 0. The van der Waals surface area contributed by atoms with Gasteiger partial charge in [-0.15, -0.1) is 0 Å². The average molecular weight is 238 g/mol. The van der Waals surface area contributed by atoms with E-state index in [0.29, 0.717) is 0 Å². The van der Waals surface area contributed by atoms with Crippen LogP contribution in [0.15, 0.2) is 0 Å². The number of nitrogens with zero attached hydrogens (tertiary/aromatic N) is 1. The third kappa shape index (κ3) is 4.26. The van der Waals surface area contributed by atoms with Crippen LogP contribution in [0.5, 0.6) is 0 Å². The lowest BCUT2D eigenvalue weighted by atomic mass is 9.82. The highest BCUT2D eigenvalue weighted by Gasteiger charge is 2.31. The first-order valence-electron chi connectivity index (χ1n) is 7.63. The van der Waals surface area contributed by atoms with Gasteiger partial charge in [0.2, 0.25) is 0 Å². The van der Waals surface area contributed by atoms with Crippen molar-refractivity contribution in [1.82, 2.24) is 4.90 Å². The fourth-order valence-corrected chi connectivity index (χ4v) is 3.26. The maximum absolute atomic E-state index is 5.76. The Morgan fingerprint density at radius 2 is 1.59 bits per heavy atom. The minimum atomic E-state index is 0.816. The molecule has 0 heterocycles. The maximum Gasteiger partial charge on any atom is 0.00966 e. The summed E-state index contributed by atoms with van der Waals surface area (Å²) >= 11 is 0. The van der Waals surface area contributed by atoms with Crippen molar-refractivity contribution in [3.05, 3.63) is 0 Å². The van der Waals surface area contributed by atoms with Gasteiger partial charge >= 0.3 is 0 Å². The highest BCUT2D eigenvalue weighted by Crippen LogP contribution is 2.33. The van der Waals surface area contributed by atoms with Crippen molar-refractivity contribution in [2.45, 2.75) is 58.4 Å². The lowest BCUT2D eigenvalue weighted by Crippen LogP contribution is -2.36. The summed E-state index contributed by atoms with van der Waals surface area (Å²) in [5.74, 6) is 2.60. The van der Waals surface area contributed by atoms with Crippen molar-refractivity contribution in [2.24, 2.45) is 23.5 Å². The zero-order valence-electron chi connectivity index (χ0n) is 11.7. The molecule has 0 bridgehead atoms. The molecule has 0 aromatic carbocycles. The largest absolute Gasteiger partial charge is 0.330 e. The summed E-state index contributed by atoms with van der Waals surface area (Å²) in [6.07, 6.45) is 8.49. The van der Waals surface area contributed by atoms with E-state index in [1.807, 2.05) is 0 Å². The van der Waals surface area contributed by atoms with Crippen LogP contribution in [-0.2, 0) is 0 Å². The molecule has 2 aliphatic carbocycles. The standard InChI is InChI=1S/C15H30N2/c1-12(2)10-17(15-7-8-15)11-14-5-3-13(9-16)4-6-14/h12-15H,3-11,16H2,1-2H3. The molecule has 0 aromatic rings. The van der Waals surface area contributed by atoms with Gasteiger partial charge in [0.1, 0.15) is 0 Å². The van der Waals surface area contributed by atoms with Crippen LogP contribution in [0.3, 0.4) is 0 Å². The van der Waals surface area contributed by atoms with Gasteiger partial charge in [-0.25, -0.2) is 0 Å². The molecule has 2 saturated carbocycles. The number of hydrogen-bond donors (Lipinski definition) is 1. The molecule has 17 heavy (non-hydrogen) atoms. The average Bonchev–Trinajstić information content (AvgIpc) is 3.12. The molecule has 0 atom stereocenters. The number of hydrogen-bond acceptors (Lipinski definition) is 2. The molecule has 0 radical (unpaired) electrons. The molecule has 2 nitrogen and oxygen atoms in total. The van der Waals surface area contributed by atoms with Gasteiger partial charge < -0.3 is 5.73 Å². The molecule has 0 spiro atoms. The van der Waals surface area contributed by atoms with Gasteiger partial charge in [0.15, 0.2) is 0 Å². The second-order valence-corrected chi connectivity index (χ2v) is 6.70. The third-order valence-corrected chi connectivity index (χ3v) is 4.46. The Morgan fingerprint density at radius 1 is 1.00 bits per heavy atom. The van der Waals surface area contributed by atoms with E-state index in [1.54, 1.807) is 0 Å². The van der Waals surface area contributed by atoms with Gasteiger partial charge in [-0.2, -0.15) is 0 Å². The molecule has 0 amide bonds. The topological polar surface area (TPSA) is 29.3 Å². The van der Waals surface area contributed by atoms with E-state index in [9.17, 15) is 0 Å². The quantitative estimate of drug-likeness (QED) is 0.771. The first kappa shape index (κ1) is 13.4. The van der Waals surface area contributed by atoms with E-state index in [2.05, 4.69) is 18.7 Å². The number of nitrogens with two attached hydrogens (primary N) is 1. The van der Waals surface area contributed by atoms with Crippen LogP contribution >= 0.6 is 0 Å². The minimum absolute atomic E-state index is 0.816. The van der Waals surface area contributed by atoms with Crippen LogP contribution in [0.4, 0.5) is 0 Å². The van der Waals surface area contributed by atoms with Gasteiger partial charge in [-0.1, -0.05) is 13.8 Å². The second kappa shape index (κ2) is 6.19. The van der Waals surface area contributed by atoms with E-state index in [0.717, 1.165) is 30.3 Å². The molecule has 0 saturated heterocycles. The van der Waals surface area contributed by atoms with Crippen molar-refractivity contribution in [2.75, 3.05) is 19.6 Å². The molecule has 0 aliphatic heterocycles. The van der Waals surface area contributed by atoms with Crippen LogP contribution in [0.25, 0.3) is 0 Å². The fourth-order valence-electron chi connectivity index (χ4n) is 3.26. The van der Waals surface area contributed by atoms with Crippen LogP contribution in [-0.4, -0.2) is 30.6 Å². The molecule has 2 heteroatoms. The summed E-state index contributed by atoms with van der Waals surface area (Å²) in [6.45, 7) is 8.27. The molecule has 0 unspecified atom stereocenters. The zero-order valence-corrected chi connectivity index (χ0v) is 11.7. The lowest BCUT2D eigenvalue weighted by molar-refractivity contribution is 0.162. The Balaban J connectivity index is 1.74. The minimum Gasteiger partial charge on any atom is -0.330 e. The van der Waals surface area contributed by atoms with Crippen molar-refractivity contribution < 1.29 is 0 Å². The Morgan fingerprint density at radius 3 is 2.06 bits per heavy atom. The molecule has 2 fully saturated rings. The van der Waals surface area contributed by atoms with Crippen molar-refractivity contribution in [1.29, 1.82) is 0 Å². The van der Waals surface area contributed by atoms with Gasteiger partial charge in [0.25, 0.3) is 0 Å². The van der Waals surface area contributed by atoms with E-state index < -0.39 is 0 Å². The predicted octanol–water partition coefficient (Wildman–Crippen LogP) is 2.87. The summed E-state index contributed by atoms with van der Waals surface area (Å²) in [5, 5.41) is 0. The van der Waals surface area contributed by atoms with E-state index >= 15 is 0 Å². The highest BCUT2D eigenvalue weighted by atomic mass is 15.2. The molecule has 2 N–H and O–H groups in total. The number of rotatable bonds is 6. The van der Waals surface area contributed by atoms with Gasteiger partial charge in [0.05, 0.1) is 0 Å². The first-order chi connectivity index (χ1) is 8.19. The van der Waals surface area contributed by atoms with Crippen LogP contribution in [0, 0.1) is 17.8 Å². The van der Waals surface area contributed by atoms with E-state index in [1.165, 1.54) is 51.6 Å². The SMILES string of the molecule is CC(C)CN(CC1CCC(CN)CC1)C1CC1. The normalized spacial score (nSPS) is 30.2. The van der Waals surface area contributed by atoms with Gasteiger partial charge in [-0.3, -0.25) is 4.90 Å². The lowest BCUT2D eigenvalue weighted by Gasteiger charge is -2.33. The van der Waals surface area contributed by atoms with Gasteiger partial charge in [-0.05, 0) is 62.8 Å². The van der Waals surface area contributed by atoms with Gasteiger partial charge in [0, 0.05) is 19.1 Å². The van der Waals surface area contributed by atoms with Crippen molar-refractivity contribution >= 4 is 0 Å². The Labute approximate surface area is 107 Å². The highest BCUT2D eigenvalue weighted by molar-refractivity contribution is 4.87. The van der Waals surface area contributed by atoms with E-state index in [-0.39, 0.29) is 0 Å². The van der Waals surface area contributed by atoms with E-state index in [4.69, 9.17) is 5.73 Å². The molecular weight excluding hydrogens is 208 g/mol. The molecule has 2 aliphatic rings. The summed E-state index contributed by atoms with van der Waals surface area (Å²) in [5.41, 5.74) is 5.76. The molecule has 2 rings (SSSR count). The Hall–Kier alpha value is -0.0800. The molecule has 100 valence electrons. The molecular formula is C15H30N2. The Bertz CT molecular complexity index is 215. The first-order valence-corrected chi connectivity index (χ1v) is 7.63. The summed E-state index contributed by atoms with van der Waals surface area (Å²) in [6, 6.07) is 0.935. The third-order valence-electron chi connectivity index (χ3n) is 4.46. The maximum atomic E-state index is 5.76. The molecule has 0 aromatic heterocycles. The summed E-state index contributed by atoms with van der Waals surface area (Å²) in [4.78, 5) is 2.78. The Kier molecular flexibility index (Phi) is 4.87. The monoisotopic (exact) mass is 238 g/mol. The second-order valence-electron chi connectivity index (χ2n) is 6.70. The predicted molar refractivity (Wildman–Crippen MR) is 73.9 cm³/mol. The summed E-state index contributed by atoms with van der Waals surface area (Å²) in [7, 11) is 0. The van der Waals surface area contributed by atoms with Crippen molar-refractivity contribution in [3.8, 4) is 0 Å². The van der Waals surface area contributed by atoms with Crippen LogP contribution in [0.1, 0.15) is 52.4 Å².